The van der Waals surface area contributed by atoms with E-state index in [1.54, 1.807) is 0 Å². The summed E-state index contributed by atoms with van der Waals surface area (Å²) in [6, 6.07) is 0. The fraction of sp³-hybridized carbons (Fsp3) is 0.786. The Bertz CT molecular complexity index is 280. The van der Waals surface area contributed by atoms with Crippen LogP contribution in [0.4, 0.5) is 0 Å². The summed E-state index contributed by atoms with van der Waals surface area (Å²) in [6.07, 6.45) is 10.3. The molecule has 0 unspecified atom stereocenters. The van der Waals surface area contributed by atoms with E-state index in [9.17, 15) is 0 Å². The van der Waals surface area contributed by atoms with Gasteiger partial charge in [-0.05, 0) is 59.8 Å². The maximum Gasteiger partial charge on any atom is 0.0724 e. The third-order valence-corrected chi connectivity index (χ3v) is 3.62. The van der Waals surface area contributed by atoms with E-state index in [4.69, 9.17) is 10.7 Å². The number of nitrogens with two attached hydrogens (primary N) is 1. The Morgan fingerprint density at radius 2 is 1.69 bits per heavy atom. The molecule has 0 saturated carbocycles. The molecule has 0 saturated heterocycles. The van der Waals surface area contributed by atoms with Crippen LogP contribution in [-0.2, 0) is 0 Å². The Balaban J connectivity index is 2.77. The van der Waals surface area contributed by atoms with Crippen LogP contribution in [0, 0.1) is 0 Å². The van der Waals surface area contributed by atoms with E-state index in [0.29, 0.717) is 0 Å². The smallest absolute Gasteiger partial charge is 0.0724 e. The first-order valence-electron chi connectivity index (χ1n) is 6.34. The largest absolute Gasteiger partial charge is 0.324 e. The van der Waals surface area contributed by atoms with Crippen molar-refractivity contribution in [1.29, 1.82) is 0 Å². The topological polar surface area (TPSA) is 38.4 Å². The van der Waals surface area contributed by atoms with Crippen LogP contribution in [0.15, 0.2) is 17.1 Å². The lowest BCUT2D eigenvalue weighted by Crippen LogP contribution is -2.51. The maximum absolute atomic E-state index is 6.18. The molecule has 0 bridgehead atoms. The van der Waals surface area contributed by atoms with Gasteiger partial charge in [0.2, 0.25) is 0 Å². The minimum absolute atomic E-state index is 0.175. The molecule has 0 spiro atoms. The van der Waals surface area contributed by atoms with Crippen molar-refractivity contribution in [1.82, 2.24) is 0 Å². The maximum atomic E-state index is 6.18. The van der Waals surface area contributed by atoms with Crippen LogP contribution >= 0.6 is 0 Å². The van der Waals surface area contributed by atoms with Crippen LogP contribution in [0.2, 0.25) is 0 Å². The van der Waals surface area contributed by atoms with E-state index in [2.05, 4.69) is 39.8 Å². The second kappa shape index (κ2) is 5.13. The average molecular weight is 222 g/mol. The van der Waals surface area contributed by atoms with E-state index < -0.39 is 0 Å². The quantitative estimate of drug-likeness (QED) is 0.714. The van der Waals surface area contributed by atoms with Crippen molar-refractivity contribution in [2.75, 3.05) is 0 Å². The molecule has 16 heavy (non-hydrogen) atoms. The standard InChI is InChI=1S/C14H26N2/c1-13(2,15)14(3,4)16-12-10-8-6-5-7-9-11-12/h5-6H,7-11,15H2,1-4H3. The van der Waals surface area contributed by atoms with Crippen molar-refractivity contribution in [3.05, 3.63) is 12.2 Å². The zero-order chi connectivity index (χ0) is 12.2. The summed E-state index contributed by atoms with van der Waals surface area (Å²) in [6.45, 7) is 8.38. The zero-order valence-electron chi connectivity index (χ0n) is 11.2. The molecule has 2 nitrogen and oxygen atoms in total. The monoisotopic (exact) mass is 222 g/mol. The first-order chi connectivity index (χ1) is 7.33. The van der Waals surface area contributed by atoms with Gasteiger partial charge in [0, 0.05) is 11.3 Å². The molecule has 0 heterocycles. The molecule has 0 atom stereocenters. The Morgan fingerprint density at radius 1 is 1.06 bits per heavy atom. The van der Waals surface area contributed by atoms with Crippen molar-refractivity contribution in [2.24, 2.45) is 10.7 Å². The average Bonchev–Trinajstić information content (AvgIpc) is 2.07. The van der Waals surface area contributed by atoms with Crippen molar-refractivity contribution in [3.63, 3.8) is 0 Å². The summed E-state index contributed by atoms with van der Waals surface area (Å²) >= 11 is 0. The summed E-state index contributed by atoms with van der Waals surface area (Å²) in [4.78, 5) is 4.90. The van der Waals surface area contributed by atoms with E-state index in [1.807, 2.05) is 0 Å². The number of hydrogen-bond acceptors (Lipinski definition) is 2. The van der Waals surface area contributed by atoms with Gasteiger partial charge in [-0.2, -0.15) is 0 Å². The lowest BCUT2D eigenvalue weighted by molar-refractivity contribution is 0.311. The van der Waals surface area contributed by atoms with Crippen LogP contribution in [0.25, 0.3) is 0 Å². The number of hydrogen-bond donors (Lipinski definition) is 1. The number of nitrogens with zero attached hydrogens (tertiary/aromatic N) is 1. The van der Waals surface area contributed by atoms with Crippen LogP contribution in [0.5, 0.6) is 0 Å². The Morgan fingerprint density at radius 3 is 2.31 bits per heavy atom. The minimum Gasteiger partial charge on any atom is -0.324 e. The third kappa shape index (κ3) is 3.75. The van der Waals surface area contributed by atoms with Gasteiger partial charge in [-0.15, -0.1) is 0 Å². The highest BCUT2D eigenvalue weighted by atomic mass is 15.0. The molecular formula is C14H26N2. The molecule has 0 amide bonds. The van der Waals surface area contributed by atoms with Crippen molar-refractivity contribution < 1.29 is 0 Å². The molecule has 1 aliphatic rings. The number of aliphatic imine (C=N–C) groups is 1. The van der Waals surface area contributed by atoms with Gasteiger partial charge in [-0.1, -0.05) is 12.2 Å². The van der Waals surface area contributed by atoms with E-state index in [1.165, 1.54) is 18.6 Å². The fourth-order valence-electron chi connectivity index (χ4n) is 1.69. The first-order valence-corrected chi connectivity index (χ1v) is 6.34. The Hall–Kier alpha value is -0.630. The van der Waals surface area contributed by atoms with Gasteiger partial charge in [0.1, 0.15) is 0 Å². The molecule has 92 valence electrons. The van der Waals surface area contributed by atoms with Crippen molar-refractivity contribution in [2.45, 2.75) is 70.9 Å². The summed E-state index contributed by atoms with van der Waals surface area (Å²) < 4.78 is 0. The molecule has 0 aliphatic heterocycles. The molecular weight excluding hydrogens is 196 g/mol. The van der Waals surface area contributed by atoms with E-state index in [0.717, 1.165) is 19.3 Å². The second-order valence-corrected chi connectivity index (χ2v) is 5.86. The minimum atomic E-state index is -0.266. The molecule has 1 aliphatic carbocycles. The van der Waals surface area contributed by atoms with Crippen molar-refractivity contribution >= 4 is 5.71 Å². The SMILES string of the molecule is CC(C)(N)C(C)(C)N=C1CCC=CCCC1. The van der Waals surface area contributed by atoms with Gasteiger partial charge in [0.05, 0.1) is 5.54 Å². The molecule has 2 heteroatoms. The van der Waals surface area contributed by atoms with Gasteiger partial charge >= 0.3 is 0 Å². The molecule has 1 rings (SSSR count). The number of allylic oxidation sites excluding steroid dienone is 2. The van der Waals surface area contributed by atoms with Gasteiger partial charge in [0.15, 0.2) is 0 Å². The highest BCUT2D eigenvalue weighted by molar-refractivity contribution is 5.85. The van der Waals surface area contributed by atoms with Gasteiger partial charge in [0.25, 0.3) is 0 Å². The number of rotatable bonds is 2. The third-order valence-electron chi connectivity index (χ3n) is 3.62. The highest BCUT2D eigenvalue weighted by Gasteiger charge is 2.33. The zero-order valence-corrected chi connectivity index (χ0v) is 11.2. The Kier molecular flexibility index (Phi) is 4.31. The summed E-state index contributed by atoms with van der Waals surface area (Å²) in [7, 11) is 0. The first kappa shape index (κ1) is 13.4. The predicted octanol–water partition coefficient (Wildman–Crippen LogP) is 3.46. The fourth-order valence-corrected chi connectivity index (χ4v) is 1.69. The summed E-state index contributed by atoms with van der Waals surface area (Å²) in [5.41, 5.74) is 7.08. The van der Waals surface area contributed by atoms with Crippen LogP contribution in [0.3, 0.4) is 0 Å². The molecule has 0 aromatic carbocycles. The molecule has 0 radical (unpaired) electrons. The van der Waals surface area contributed by atoms with Crippen LogP contribution in [0.1, 0.15) is 59.8 Å². The molecule has 0 aromatic rings. The van der Waals surface area contributed by atoms with Gasteiger partial charge in [-0.3, -0.25) is 4.99 Å². The van der Waals surface area contributed by atoms with Gasteiger partial charge < -0.3 is 5.73 Å². The normalized spacial score (nSPS) is 21.9. The van der Waals surface area contributed by atoms with E-state index >= 15 is 0 Å². The lowest BCUT2D eigenvalue weighted by atomic mass is 9.83. The summed E-state index contributed by atoms with van der Waals surface area (Å²) in [5, 5.41) is 0. The predicted molar refractivity (Wildman–Crippen MR) is 72.0 cm³/mol. The van der Waals surface area contributed by atoms with Crippen LogP contribution in [-0.4, -0.2) is 16.8 Å². The second-order valence-electron chi connectivity index (χ2n) is 5.86. The summed E-state index contributed by atoms with van der Waals surface area (Å²) in [5.74, 6) is 0. The Labute approximate surface area is 100 Å². The van der Waals surface area contributed by atoms with Gasteiger partial charge in [-0.25, -0.2) is 0 Å². The van der Waals surface area contributed by atoms with Crippen molar-refractivity contribution in [3.8, 4) is 0 Å². The molecule has 0 aromatic heterocycles. The highest BCUT2D eigenvalue weighted by Crippen LogP contribution is 2.24. The van der Waals surface area contributed by atoms with Crippen LogP contribution < -0.4 is 5.73 Å². The lowest BCUT2D eigenvalue weighted by Gasteiger charge is -2.36. The van der Waals surface area contributed by atoms with E-state index in [-0.39, 0.29) is 11.1 Å². The molecule has 2 N–H and O–H groups in total. The molecule has 0 fully saturated rings.